The van der Waals surface area contributed by atoms with Crippen LogP contribution >= 0.6 is 0 Å². The Hall–Kier alpha value is -3.09. The van der Waals surface area contributed by atoms with E-state index < -0.39 is 0 Å². The van der Waals surface area contributed by atoms with Gasteiger partial charge < -0.3 is 14.8 Å². The van der Waals surface area contributed by atoms with Crippen molar-refractivity contribution in [3.05, 3.63) is 41.3 Å². The number of carbonyl (C=O) groups is 1. The molecule has 2 heterocycles. The van der Waals surface area contributed by atoms with Gasteiger partial charge in [-0.25, -0.2) is 9.50 Å². The van der Waals surface area contributed by atoms with Crippen LogP contribution in [0.5, 0.6) is 11.5 Å². The molecule has 0 bridgehead atoms. The van der Waals surface area contributed by atoms with Gasteiger partial charge in [-0.2, -0.15) is 5.10 Å². The first-order valence-corrected chi connectivity index (χ1v) is 12.0. The van der Waals surface area contributed by atoms with Crippen LogP contribution in [0.1, 0.15) is 68.2 Å². The van der Waals surface area contributed by atoms with Crippen LogP contribution < -0.4 is 14.8 Å². The van der Waals surface area contributed by atoms with Crippen molar-refractivity contribution < 1.29 is 14.3 Å². The van der Waals surface area contributed by atoms with Gasteiger partial charge in [0.1, 0.15) is 0 Å². The standard InChI is InChI=1S/C26H34N4O3/c1-6-32-22-13-10-19(14-23(22)33-7-2)24-17(4)29-30-18(5)21(15-27-25(24)30)26(31)28-20-11-8-16(3)9-12-20/h10,13-16,20H,6-9,11-12H2,1-5H3,(H,28,31). The van der Waals surface area contributed by atoms with Crippen LogP contribution in [0.25, 0.3) is 16.8 Å². The predicted molar refractivity (Wildman–Crippen MR) is 129 cm³/mol. The maximum absolute atomic E-state index is 13.0. The Kier molecular flexibility index (Phi) is 6.86. The van der Waals surface area contributed by atoms with E-state index >= 15 is 0 Å². The molecule has 7 heteroatoms. The Morgan fingerprint density at radius 2 is 1.79 bits per heavy atom. The van der Waals surface area contributed by atoms with Crippen molar-refractivity contribution in [2.45, 2.75) is 66.3 Å². The Morgan fingerprint density at radius 3 is 2.48 bits per heavy atom. The van der Waals surface area contributed by atoms with Crippen LogP contribution in [0.4, 0.5) is 0 Å². The Labute approximate surface area is 195 Å². The molecule has 0 radical (unpaired) electrons. The third-order valence-electron chi connectivity index (χ3n) is 6.49. The molecule has 1 saturated carbocycles. The molecule has 0 atom stereocenters. The van der Waals surface area contributed by atoms with Gasteiger partial charge >= 0.3 is 0 Å². The van der Waals surface area contributed by atoms with E-state index in [0.29, 0.717) is 24.5 Å². The number of carbonyl (C=O) groups excluding carboxylic acids is 1. The molecule has 1 fully saturated rings. The van der Waals surface area contributed by atoms with Gasteiger partial charge in [0.2, 0.25) is 0 Å². The van der Waals surface area contributed by atoms with E-state index in [1.807, 2.05) is 45.9 Å². The van der Waals surface area contributed by atoms with Gasteiger partial charge in [-0.05, 0) is 77.0 Å². The number of rotatable bonds is 7. The lowest BCUT2D eigenvalue weighted by Crippen LogP contribution is -2.37. The predicted octanol–water partition coefficient (Wildman–Crippen LogP) is 5.12. The number of hydrogen-bond acceptors (Lipinski definition) is 5. The van der Waals surface area contributed by atoms with E-state index in [0.717, 1.165) is 65.5 Å². The summed E-state index contributed by atoms with van der Waals surface area (Å²) in [5.74, 6) is 2.09. The highest BCUT2D eigenvalue weighted by Gasteiger charge is 2.23. The highest BCUT2D eigenvalue weighted by molar-refractivity contribution is 5.95. The highest BCUT2D eigenvalue weighted by atomic mass is 16.5. The largest absolute Gasteiger partial charge is 0.490 e. The summed E-state index contributed by atoms with van der Waals surface area (Å²) < 4.78 is 13.3. The third-order valence-corrected chi connectivity index (χ3v) is 6.49. The van der Waals surface area contributed by atoms with Gasteiger partial charge in [-0.1, -0.05) is 13.0 Å². The van der Waals surface area contributed by atoms with E-state index in [2.05, 4.69) is 17.2 Å². The van der Waals surface area contributed by atoms with Gasteiger partial charge in [0.25, 0.3) is 5.91 Å². The van der Waals surface area contributed by atoms with E-state index in [9.17, 15) is 4.79 Å². The van der Waals surface area contributed by atoms with Crippen LogP contribution in [-0.2, 0) is 0 Å². The van der Waals surface area contributed by atoms with E-state index in [-0.39, 0.29) is 11.9 Å². The molecule has 1 aliphatic carbocycles. The number of amides is 1. The number of ether oxygens (including phenoxy) is 2. The van der Waals surface area contributed by atoms with Crippen molar-refractivity contribution in [3.63, 3.8) is 0 Å². The van der Waals surface area contributed by atoms with Crippen molar-refractivity contribution in [3.8, 4) is 22.6 Å². The molecule has 1 amide bonds. The molecule has 4 rings (SSSR count). The highest BCUT2D eigenvalue weighted by Crippen LogP contribution is 2.36. The first-order valence-electron chi connectivity index (χ1n) is 12.0. The average Bonchev–Trinajstić information content (AvgIpc) is 3.14. The molecule has 0 spiro atoms. The lowest BCUT2D eigenvalue weighted by atomic mass is 9.87. The fourth-order valence-corrected chi connectivity index (χ4v) is 4.64. The van der Waals surface area contributed by atoms with Crippen LogP contribution in [0.2, 0.25) is 0 Å². The number of benzene rings is 1. The summed E-state index contributed by atoms with van der Waals surface area (Å²) in [5.41, 5.74) is 4.80. The van der Waals surface area contributed by atoms with Crippen molar-refractivity contribution in [1.82, 2.24) is 19.9 Å². The van der Waals surface area contributed by atoms with Crippen molar-refractivity contribution in [2.24, 2.45) is 5.92 Å². The zero-order chi connectivity index (χ0) is 23.5. The monoisotopic (exact) mass is 450 g/mol. The summed E-state index contributed by atoms with van der Waals surface area (Å²) in [6.07, 6.45) is 6.07. The molecule has 0 saturated heterocycles. The summed E-state index contributed by atoms with van der Waals surface area (Å²) in [7, 11) is 0. The molecular weight excluding hydrogens is 416 g/mol. The Morgan fingerprint density at radius 1 is 1.09 bits per heavy atom. The van der Waals surface area contributed by atoms with Gasteiger partial charge in [-0.3, -0.25) is 4.79 Å². The van der Waals surface area contributed by atoms with Gasteiger partial charge in [0.05, 0.1) is 30.2 Å². The van der Waals surface area contributed by atoms with Crippen LogP contribution in [-0.4, -0.2) is 39.8 Å². The Bertz CT molecular complexity index is 1150. The van der Waals surface area contributed by atoms with Crippen LogP contribution in [0.3, 0.4) is 0 Å². The summed E-state index contributed by atoms with van der Waals surface area (Å²) in [5, 5.41) is 7.93. The second kappa shape index (κ2) is 9.81. The normalized spacial score (nSPS) is 18.3. The first-order chi connectivity index (χ1) is 15.9. The van der Waals surface area contributed by atoms with E-state index in [4.69, 9.17) is 14.6 Å². The second-order valence-electron chi connectivity index (χ2n) is 8.91. The van der Waals surface area contributed by atoms with Gasteiger partial charge in [0.15, 0.2) is 17.1 Å². The van der Waals surface area contributed by atoms with Crippen molar-refractivity contribution in [2.75, 3.05) is 13.2 Å². The lowest BCUT2D eigenvalue weighted by Gasteiger charge is -2.27. The third kappa shape index (κ3) is 4.68. The molecule has 1 N–H and O–H groups in total. The summed E-state index contributed by atoms with van der Waals surface area (Å²) >= 11 is 0. The van der Waals surface area contributed by atoms with Crippen LogP contribution in [0.15, 0.2) is 24.4 Å². The Balaban J connectivity index is 1.67. The number of nitrogens with zero attached hydrogens (tertiary/aromatic N) is 3. The SMILES string of the molecule is CCOc1ccc(-c2c(C)nn3c(C)c(C(=O)NC4CCC(C)CC4)cnc23)cc1OCC. The number of aryl methyl sites for hydroxylation is 2. The quantitative estimate of drug-likeness (QED) is 0.541. The average molecular weight is 451 g/mol. The minimum Gasteiger partial charge on any atom is -0.490 e. The second-order valence-corrected chi connectivity index (χ2v) is 8.91. The smallest absolute Gasteiger partial charge is 0.254 e. The molecule has 1 aromatic carbocycles. The molecule has 176 valence electrons. The summed E-state index contributed by atoms with van der Waals surface area (Å²) in [6, 6.07) is 6.13. The first kappa shape index (κ1) is 23.1. The van der Waals surface area contributed by atoms with Crippen molar-refractivity contribution >= 4 is 11.6 Å². The molecule has 33 heavy (non-hydrogen) atoms. The minimum absolute atomic E-state index is 0.0733. The zero-order valence-corrected chi connectivity index (χ0v) is 20.3. The molecule has 0 aliphatic heterocycles. The molecule has 7 nitrogen and oxygen atoms in total. The molecule has 2 aromatic heterocycles. The van der Waals surface area contributed by atoms with Gasteiger partial charge in [0, 0.05) is 17.8 Å². The molecule has 3 aromatic rings. The minimum atomic E-state index is -0.0733. The number of aromatic nitrogens is 3. The fraction of sp³-hybridized carbons (Fsp3) is 0.500. The summed E-state index contributed by atoms with van der Waals surface area (Å²) in [6.45, 7) is 11.2. The van der Waals surface area contributed by atoms with Crippen molar-refractivity contribution in [1.29, 1.82) is 0 Å². The topological polar surface area (TPSA) is 77.8 Å². The number of fused-ring (bicyclic) bond motifs is 1. The molecule has 0 unspecified atom stereocenters. The zero-order valence-electron chi connectivity index (χ0n) is 20.3. The van der Waals surface area contributed by atoms with Gasteiger partial charge in [-0.15, -0.1) is 0 Å². The maximum Gasteiger partial charge on any atom is 0.254 e. The van der Waals surface area contributed by atoms with Crippen LogP contribution in [0, 0.1) is 19.8 Å². The number of nitrogens with one attached hydrogen (secondary N) is 1. The lowest BCUT2D eigenvalue weighted by molar-refractivity contribution is 0.0921. The van der Waals surface area contributed by atoms with E-state index in [1.54, 1.807) is 10.7 Å². The number of hydrogen-bond donors (Lipinski definition) is 1. The van der Waals surface area contributed by atoms with E-state index in [1.165, 1.54) is 0 Å². The summed E-state index contributed by atoms with van der Waals surface area (Å²) in [4.78, 5) is 17.7. The molecule has 1 aliphatic rings. The maximum atomic E-state index is 13.0. The fourth-order valence-electron chi connectivity index (χ4n) is 4.64. The molecular formula is C26H34N4O3.